The highest BCUT2D eigenvalue weighted by Crippen LogP contribution is 2.12. The number of morpholine rings is 1. The lowest BCUT2D eigenvalue weighted by molar-refractivity contribution is -0.125. The molecule has 1 rings (SSSR count). The molecule has 18 heavy (non-hydrogen) atoms. The minimum absolute atomic E-state index is 0.0379. The lowest BCUT2D eigenvalue weighted by Gasteiger charge is -2.24. The topological polar surface area (TPSA) is 70.6 Å². The third-order valence-electron chi connectivity index (χ3n) is 3.52. The Kier molecular flexibility index (Phi) is 7.23. The van der Waals surface area contributed by atoms with Gasteiger partial charge < -0.3 is 20.5 Å². The van der Waals surface area contributed by atoms with Gasteiger partial charge in [-0.2, -0.15) is 0 Å². The predicted octanol–water partition coefficient (Wildman–Crippen LogP) is 0.278. The van der Waals surface area contributed by atoms with Crippen LogP contribution >= 0.6 is 0 Å². The minimum Gasteiger partial charge on any atom is -0.391 e. The van der Waals surface area contributed by atoms with Gasteiger partial charge in [0.05, 0.1) is 25.2 Å². The van der Waals surface area contributed by atoms with Crippen LogP contribution in [0.3, 0.4) is 0 Å². The highest BCUT2D eigenvalue weighted by Gasteiger charge is 2.19. The fourth-order valence-electron chi connectivity index (χ4n) is 2.25. The van der Waals surface area contributed by atoms with Gasteiger partial charge in [0.1, 0.15) is 0 Å². The third-order valence-corrected chi connectivity index (χ3v) is 3.52. The van der Waals surface area contributed by atoms with Crippen molar-refractivity contribution in [2.24, 2.45) is 5.92 Å². The summed E-state index contributed by atoms with van der Waals surface area (Å²) < 4.78 is 5.46. The first kappa shape index (κ1) is 15.4. The average molecular weight is 258 g/mol. The van der Waals surface area contributed by atoms with Crippen LogP contribution in [0.15, 0.2) is 0 Å². The van der Waals surface area contributed by atoms with E-state index in [1.807, 2.05) is 0 Å². The molecule has 2 unspecified atom stereocenters. The van der Waals surface area contributed by atoms with E-state index < -0.39 is 6.10 Å². The third kappa shape index (κ3) is 5.33. The molecular formula is C13H26N2O3. The van der Waals surface area contributed by atoms with Crippen LogP contribution in [-0.4, -0.2) is 49.5 Å². The zero-order chi connectivity index (χ0) is 13.4. The number of amides is 1. The van der Waals surface area contributed by atoms with Gasteiger partial charge in [-0.25, -0.2) is 0 Å². The van der Waals surface area contributed by atoms with Crippen LogP contribution in [0.2, 0.25) is 0 Å². The molecule has 0 bridgehead atoms. The van der Waals surface area contributed by atoms with E-state index in [9.17, 15) is 9.90 Å². The zero-order valence-corrected chi connectivity index (χ0v) is 11.4. The Bertz CT molecular complexity index is 238. The van der Waals surface area contributed by atoms with Gasteiger partial charge in [0.15, 0.2) is 0 Å². The van der Waals surface area contributed by atoms with Gasteiger partial charge >= 0.3 is 0 Å². The summed E-state index contributed by atoms with van der Waals surface area (Å²) in [4.78, 5) is 11.7. The molecule has 1 aliphatic rings. The Morgan fingerprint density at radius 1 is 1.50 bits per heavy atom. The van der Waals surface area contributed by atoms with Crippen LogP contribution < -0.4 is 10.6 Å². The summed E-state index contributed by atoms with van der Waals surface area (Å²) >= 11 is 0. The first-order chi connectivity index (χ1) is 8.67. The van der Waals surface area contributed by atoms with Crippen molar-refractivity contribution in [2.45, 2.75) is 45.3 Å². The van der Waals surface area contributed by atoms with Gasteiger partial charge in [-0.3, -0.25) is 4.79 Å². The fraction of sp³-hybridized carbons (Fsp3) is 0.923. The zero-order valence-electron chi connectivity index (χ0n) is 11.4. The molecule has 1 saturated heterocycles. The SMILES string of the molecule is CCC(CC)C(O)CNC(=O)CC1CNCCO1. The van der Waals surface area contributed by atoms with Crippen molar-refractivity contribution >= 4 is 5.91 Å². The summed E-state index contributed by atoms with van der Waals surface area (Å²) in [5.74, 6) is 0.214. The van der Waals surface area contributed by atoms with Gasteiger partial charge in [-0.15, -0.1) is 0 Å². The van der Waals surface area contributed by atoms with E-state index in [-0.39, 0.29) is 17.9 Å². The molecule has 3 N–H and O–H groups in total. The lowest BCUT2D eigenvalue weighted by atomic mass is 9.96. The summed E-state index contributed by atoms with van der Waals surface area (Å²) in [6.45, 7) is 6.69. The first-order valence-electron chi connectivity index (χ1n) is 6.94. The maximum atomic E-state index is 11.7. The molecule has 1 fully saturated rings. The number of carbonyl (C=O) groups is 1. The normalized spacial score (nSPS) is 21.9. The number of hydrogen-bond acceptors (Lipinski definition) is 4. The lowest BCUT2D eigenvalue weighted by Crippen LogP contribution is -2.43. The maximum absolute atomic E-state index is 11.7. The molecule has 5 heteroatoms. The minimum atomic E-state index is -0.450. The fourth-order valence-corrected chi connectivity index (χ4v) is 2.25. The average Bonchev–Trinajstić information content (AvgIpc) is 2.39. The summed E-state index contributed by atoms with van der Waals surface area (Å²) in [7, 11) is 0. The van der Waals surface area contributed by atoms with Crippen molar-refractivity contribution in [3.8, 4) is 0 Å². The molecule has 5 nitrogen and oxygen atoms in total. The number of rotatable bonds is 7. The molecule has 1 amide bonds. The van der Waals surface area contributed by atoms with Gasteiger partial charge in [0, 0.05) is 19.6 Å². The van der Waals surface area contributed by atoms with Crippen LogP contribution in [-0.2, 0) is 9.53 Å². The van der Waals surface area contributed by atoms with Crippen molar-refractivity contribution in [3.05, 3.63) is 0 Å². The Morgan fingerprint density at radius 2 is 2.22 bits per heavy atom. The maximum Gasteiger partial charge on any atom is 0.222 e. The smallest absolute Gasteiger partial charge is 0.222 e. The van der Waals surface area contributed by atoms with Crippen LogP contribution in [0.1, 0.15) is 33.1 Å². The van der Waals surface area contributed by atoms with Crippen molar-refractivity contribution in [1.82, 2.24) is 10.6 Å². The molecule has 106 valence electrons. The van der Waals surface area contributed by atoms with E-state index in [1.54, 1.807) is 0 Å². The number of ether oxygens (including phenoxy) is 1. The van der Waals surface area contributed by atoms with E-state index in [0.29, 0.717) is 19.6 Å². The van der Waals surface area contributed by atoms with Gasteiger partial charge in [0.2, 0.25) is 5.91 Å². The molecular weight excluding hydrogens is 232 g/mol. The van der Waals surface area contributed by atoms with Crippen LogP contribution in [0.25, 0.3) is 0 Å². The number of aliphatic hydroxyl groups excluding tert-OH is 1. The molecule has 0 radical (unpaired) electrons. The van der Waals surface area contributed by atoms with Crippen molar-refractivity contribution in [1.29, 1.82) is 0 Å². The van der Waals surface area contributed by atoms with E-state index in [2.05, 4.69) is 24.5 Å². The summed E-state index contributed by atoms with van der Waals surface area (Å²) in [6, 6.07) is 0. The summed E-state index contributed by atoms with van der Waals surface area (Å²) in [5, 5.41) is 15.9. The van der Waals surface area contributed by atoms with E-state index in [1.165, 1.54) is 0 Å². The molecule has 1 heterocycles. The summed E-state index contributed by atoms with van der Waals surface area (Å²) in [5.41, 5.74) is 0. The van der Waals surface area contributed by atoms with Crippen LogP contribution in [0.4, 0.5) is 0 Å². The second kappa shape index (κ2) is 8.45. The van der Waals surface area contributed by atoms with Crippen LogP contribution in [0.5, 0.6) is 0 Å². The molecule has 0 saturated carbocycles. The molecule has 0 aromatic heterocycles. The Balaban J connectivity index is 2.19. The molecule has 0 spiro atoms. The monoisotopic (exact) mass is 258 g/mol. The number of hydrogen-bond donors (Lipinski definition) is 3. The van der Waals surface area contributed by atoms with Gasteiger partial charge in [-0.1, -0.05) is 26.7 Å². The molecule has 2 atom stereocenters. The molecule has 0 aliphatic carbocycles. The Hall–Kier alpha value is -0.650. The predicted molar refractivity (Wildman–Crippen MR) is 70.3 cm³/mol. The second-order valence-electron chi connectivity index (χ2n) is 4.85. The highest BCUT2D eigenvalue weighted by molar-refractivity contribution is 5.76. The van der Waals surface area contributed by atoms with Gasteiger partial charge in [-0.05, 0) is 5.92 Å². The largest absolute Gasteiger partial charge is 0.391 e. The Labute approximate surface area is 109 Å². The van der Waals surface area contributed by atoms with E-state index in [0.717, 1.165) is 25.9 Å². The highest BCUT2D eigenvalue weighted by atomic mass is 16.5. The second-order valence-corrected chi connectivity index (χ2v) is 4.85. The number of aliphatic hydroxyl groups is 1. The quantitative estimate of drug-likeness (QED) is 0.613. The standard InChI is InChI=1S/C13H26N2O3/c1-3-10(4-2)12(16)9-15-13(17)7-11-8-14-5-6-18-11/h10-12,14,16H,3-9H2,1-2H3,(H,15,17). The van der Waals surface area contributed by atoms with Crippen molar-refractivity contribution in [3.63, 3.8) is 0 Å². The van der Waals surface area contributed by atoms with Gasteiger partial charge in [0.25, 0.3) is 0 Å². The van der Waals surface area contributed by atoms with E-state index in [4.69, 9.17) is 4.74 Å². The number of nitrogens with one attached hydrogen (secondary N) is 2. The molecule has 0 aromatic carbocycles. The van der Waals surface area contributed by atoms with Crippen molar-refractivity contribution < 1.29 is 14.6 Å². The van der Waals surface area contributed by atoms with E-state index >= 15 is 0 Å². The number of carbonyl (C=O) groups excluding carboxylic acids is 1. The van der Waals surface area contributed by atoms with Crippen molar-refractivity contribution in [2.75, 3.05) is 26.2 Å². The Morgan fingerprint density at radius 3 is 2.78 bits per heavy atom. The van der Waals surface area contributed by atoms with Crippen LogP contribution in [0, 0.1) is 5.92 Å². The molecule has 0 aromatic rings. The summed E-state index contributed by atoms with van der Waals surface area (Å²) in [6.07, 6.45) is 1.74. The first-order valence-corrected chi connectivity index (χ1v) is 6.94. The molecule has 1 aliphatic heterocycles.